The van der Waals surface area contributed by atoms with Crippen molar-refractivity contribution >= 4 is 39.9 Å². The lowest BCUT2D eigenvalue weighted by Crippen LogP contribution is -2.45. The van der Waals surface area contributed by atoms with Crippen LogP contribution in [0.2, 0.25) is 0 Å². The molecule has 6 rings (SSSR count). The van der Waals surface area contributed by atoms with E-state index >= 15 is 0 Å². The van der Waals surface area contributed by atoms with Crippen molar-refractivity contribution in [1.29, 1.82) is 0 Å². The molecule has 0 unspecified atom stereocenters. The maximum atomic E-state index is 13.4. The Morgan fingerprint density at radius 1 is 1.22 bits per heavy atom. The van der Waals surface area contributed by atoms with E-state index in [0.29, 0.717) is 41.6 Å². The van der Waals surface area contributed by atoms with Crippen LogP contribution in [0.3, 0.4) is 0 Å². The van der Waals surface area contributed by atoms with Crippen molar-refractivity contribution in [2.24, 2.45) is 13.0 Å². The molecule has 2 saturated carbocycles. The number of rotatable bonds is 8. The highest BCUT2D eigenvalue weighted by molar-refractivity contribution is 7.17. The molecule has 3 aromatic rings. The SMILES string of the molecule is Cn1nc(C(F)F)cc1Nc1nncn1[C@H]1CCc2sc(NC(=O)C3CC(F)(F)C3)c(C(=O)NC3CC(F)C3)c2C1. The summed E-state index contributed by atoms with van der Waals surface area (Å²) < 4.78 is 69.4. The number of halogens is 5. The van der Waals surface area contributed by atoms with Crippen LogP contribution >= 0.6 is 11.3 Å². The van der Waals surface area contributed by atoms with Gasteiger partial charge in [0.25, 0.3) is 12.3 Å². The molecule has 3 aromatic heterocycles. The summed E-state index contributed by atoms with van der Waals surface area (Å²) in [5.41, 5.74) is 0.574. The molecule has 3 aliphatic carbocycles. The van der Waals surface area contributed by atoms with Gasteiger partial charge in [-0.15, -0.1) is 21.5 Å². The molecule has 2 fully saturated rings. The Bertz CT molecular complexity index is 1470. The monoisotopic (exact) mass is 598 g/mol. The fraction of sp³-hybridized carbons (Fsp3) is 0.560. The Morgan fingerprint density at radius 2 is 1.98 bits per heavy atom. The van der Waals surface area contributed by atoms with Crippen LogP contribution in [0.1, 0.15) is 71.1 Å². The number of thiophene rings is 1. The normalized spacial score (nSPS) is 23.4. The molecule has 3 N–H and O–H groups in total. The van der Waals surface area contributed by atoms with Gasteiger partial charge in [0.2, 0.25) is 17.8 Å². The molecule has 0 aliphatic heterocycles. The van der Waals surface area contributed by atoms with Crippen LogP contribution < -0.4 is 16.0 Å². The Morgan fingerprint density at radius 3 is 2.63 bits per heavy atom. The van der Waals surface area contributed by atoms with Crippen LogP contribution in [0.4, 0.5) is 38.7 Å². The second kappa shape index (κ2) is 10.4. The van der Waals surface area contributed by atoms with Crippen molar-refractivity contribution < 1.29 is 31.5 Å². The number of hydrogen-bond acceptors (Lipinski definition) is 7. The number of carbonyl (C=O) groups excluding carboxylic acids is 2. The summed E-state index contributed by atoms with van der Waals surface area (Å²) in [6.07, 6.45) is -1.32. The van der Waals surface area contributed by atoms with Gasteiger partial charge >= 0.3 is 0 Å². The fourth-order valence-electron chi connectivity index (χ4n) is 5.54. The third-order valence-corrected chi connectivity index (χ3v) is 9.11. The van der Waals surface area contributed by atoms with Gasteiger partial charge in [-0.1, -0.05) is 0 Å². The molecule has 41 heavy (non-hydrogen) atoms. The van der Waals surface area contributed by atoms with E-state index < -0.39 is 49.1 Å². The molecule has 0 spiro atoms. The van der Waals surface area contributed by atoms with Gasteiger partial charge in [-0.25, -0.2) is 22.0 Å². The maximum absolute atomic E-state index is 13.4. The zero-order valence-corrected chi connectivity index (χ0v) is 22.7. The lowest BCUT2D eigenvalue weighted by molar-refractivity contribution is -0.145. The van der Waals surface area contributed by atoms with Gasteiger partial charge in [0, 0.05) is 48.8 Å². The van der Waals surface area contributed by atoms with Crippen molar-refractivity contribution in [3.05, 3.63) is 34.1 Å². The number of alkyl halides is 5. The first-order valence-electron chi connectivity index (χ1n) is 13.2. The summed E-state index contributed by atoms with van der Waals surface area (Å²) in [6.45, 7) is 0. The summed E-state index contributed by atoms with van der Waals surface area (Å²) in [4.78, 5) is 27.1. The lowest BCUT2D eigenvalue weighted by Gasteiger charge is -2.33. The van der Waals surface area contributed by atoms with E-state index in [-0.39, 0.29) is 36.2 Å². The van der Waals surface area contributed by atoms with Crippen LogP contribution in [-0.4, -0.2) is 54.5 Å². The number of fused-ring (bicyclic) bond motifs is 1. The molecule has 220 valence electrons. The molecule has 0 aromatic carbocycles. The van der Waals surface area contributed by atoms with Crippen LogP contribution in [0.25, 0.3) is 0 Å². The first-order valence-corrected chi connectivity index (χ1v) is 14.1. The first-order chi connectivity index (χ1) is 19.5. The van der Waals surface area contributed by atoms with Crippen LogP contribution in [-0.2, 0) is 24.7 Å². The summed E-state index contributed by atoms with van der Waals surface area (Å²) in [5, 5.41) is 20.7. The van der Waals surface area contributed by atoms with Crippen LogP contribution in [0, 0.1) is 5.92 Å². The average Bonchev–Trinajstić information content (AvgIpc) is 3.58. The average molecular weight is 599 g/mol. The Balaban J connectivity index is 1.25. The zero-order chi connectivity index (χ0) is 29.1. The quantitative estimate of drug-likeness (QED) is 0.324. The minimum absolute atomic E-state index is 0.205. The molecule has 3 aliphatic rings. The molecular formula is C25H27F5N8O2S. The molecule has 2 amide bonds. The molecule has 0 radical (unpaired) electrons. The van der Waals surface area contributed by atoms with Crippen LogP contribution in [0.5, 0.6) is 0 Å². The molecule has 0 saturated heterocycles. The maximum Gasteiger partial charge on any atom is 0.282 e. The number of hydrogen-bond donors (Lipinski definition) is 3. The summed E-state index contributed by atoms with van der Waals surface area (Å²) in [7, 11) is 1.52. The Hall–Kier alpha value is -3.56. The number of aromatic nitrogens is 5. The Labute approximate surface area is 234 Å². The summed E-state index contributed by atoms with van der Waals surface area (Å²) in [5.74, 6) is -4.12. The third kappa shape index (κ3) is 5.40. The number of aryl methyl sites for hydroxylation is 2. The highest BCUT2D eigenvalue weighted by Gasteiger charge is 2.49. The number of carbonyl (C=O) groups is 2. The van der Waals surface area contributed by atoms with E-state index in [9.17, 15) is 31.5 Å². The summed E-state index contributed by atoms with van der Waals surface area (Å²) >= 11 is 1.24. The number of amides is 2. The van der Waals surface area contributed by atoms with Gasteiger partial charge in [0.1, 0.15) is 29.0 Å². The van der Waals surface area contributed by atoms with Gasteiger partial charge < -0.3 is 16.0 Å². The third-order valence-electron chi connectivity index (χ3n) is 7.90. The van der Waals surface area contributed by atoms with Crippen molar-refractivity contribution in [1.82, 2.24) is 29.9 Å². The molecule has 3 heterocycles. The van der Waals surface area contributed by atoms with E-state index in [1.54, 1.807) is 4.57 Å². The van der Waals surface area contributed by atoms with Gasteiger partial charge in [-0.05, 0) is 37.7 Å². The molecule has 10 nitrogen and oxygen atoms in total. The number of nitrogens with one attached hydrogen (secondary N) is 3. The topological polar surface area (TPSA) is 119 Å². The van der Waals surface area contributed by atoms with Gasteiger partial charge in [-0.2, -0.15) is 5.10 Å². The van der Waals surface area contributed by atoms with Crippen molar-refractivity contribution in [2.75, 3.05) is 10.6 Å². The minimum Gasteiger partial charge on any atom is -0.349 e. The largest absolute Gasteiger partial charge is 0.349 e. The highest BCUT2D eigenvalue weighted by Crippen LogP contribution is 2.45. The van der Waals surface area contributed by atoms with Crippen molar-refractivity contribution in [3.8, 4) is 0 Å². The number of nitrogens with zero attached hydrogens (tertiary/aromatic N) is 5. The fourth-order valence-corrected chi connectivity index (χ4v) is 6.79. The van der Waals surface area contributed by atoms with E-state index in [0.717, 1.165) is 4.88 Å². The number of anilines is 3. The van der Waals surface area contributed by atoms with Crippen LogP contribution in [0.15, 0.2) is 12.4 Å². The van der Waals surface area contributed by atoms with E-state index in [4.69, 9.17) is 0 Å². The zero-order valence-electron chi connectivity index (χ0n) is 21.8. The Kier molecular flexibility index (Phi) is 6.98. The molecule has 1 atom stereocenters. The highest BCUT2D eigenvalue weighted by atomic mass is 32.1. The van der Waals surface area contributed by atoms with Gasteiger partial charge in [-0.3, -0.25) is 18.8 Å². The summed E-state index contributed by atoms with van der Waals surface area (Å²) in [6, 6.07) is 0.669. The van der Waals surface area contributed by atoms with Crippen molar-refractivity contribution in [2.45, 2.75) is 75.5 Å². The van der Waals surface area contributed by atoms with Gasteiger partial charge in [0.05, 0.1) is 5.56 Å². The minimum atomic E-state index is -2.86. The lowest BCUT2D eigenvalue weighted by atomic mass is 9.81. The molecule has 0 bridgehead atoms. The molecule has 16 heteroatoms. The van der Waals surface area contributed by atoms with E-state index in [2.05, 4.69) is 31.2 Å². The van der Waals surface area contributed by atoms with E-state index in [1.165, 1.54) is 35.5 Å². The van der Waals surface area contributed by atoms with Crippen molar-refractivity contribution in [3.63, 3.8) is 0 Å². The first kappa shape index (κ1) is 27.6. The second-order valence-corrected chi connectivity index (χ2v) is 12.0. The predicted molar refractivity (Wildman–Crippen MR) is 139 cm³/mol. The second-order valence-electron chi connectivity index (χ2n) is 10.9. The van der Waals surface area contributed by atoms with E-state index in [1.807, 2.05) is 0 Å². The van der Waals surface area contributed by atoms with Gasteiger partial charge in [0.15, 0.2) is 0 Å². The smallest absolute Gasteiger partial charge is 0.282 e. The predicted octanol–water partition coefficient (Wildman–Crippen LogP) is 4.70. The molecular weight excluding hydrogens is 571 g/mol. The standard InChI is InChI=1S/C25H27F5N8O2S/c1-37-18(7-16(36-37)20(27)28)33-24-35-31-10-38(24)14-2-3-17-15(6-14)19(22(40)32-13-4-12(26)5-13)23(41-17)34-21(39)11-8-25(29,30)9-11/h7,10-14,20H,2-6,8-9H2,1H3,(H,32,40)(H,33,35)(H,34,39)/t12?,13?,14-/m0/s1.